The molecule has 2 N–H and O–H groups in total. The molecule has 1 aliphatic heterocycles. The van der Waals surface area contributed by atoms with Crippen LogP contribution in [0.4, 0.5) is 0 Å². The molecule has 1 saturated heterocycles. The lowest BCUT2D eigenvalue weighted by molar-refractivity contribution is -0.122. The fraction of sp³-hybridized carbons (Fsp3) is 0.889. The summed E-state index contributed by atoms with van der Waals surface area (Å²) in [5, 5.41) is 6.09. The standard InChI is InChI=1S/C9H18N2O2S/c1-13-5-2-3-11-9(12)8-7-14-6-4-10-8/h8,10H,2-7H2,1H3,(H,11,12). The molecule has 1 amide bonds. The van der Waals surface area contributed by atoms with Crippen molar-refractivity contribution in [2.75, 3.05) is 38.3 Å². The summed E-state index contributed by atoms with van der Waals surface area (Å²) in [7, 11) is 1.67. The number of hydrogen-bond acceptors (Lipinski definition) is 4. The lowest BCUT2D eigenvalue weighted by Gasteiger charge is -2.22. The summed E-state index contributed by atoms with van der Waals surface area (Å²) in [6.07, 6.45) is 0.877. The molecule has 82 valence electrons. The van der Waals surface area contributed by atoms with E-state index in [1.165, 1.54) is 0 Å². The first-order valence-corrected chi connectivity index (χ1v) is 6.08. The van der Waals surface area contributed by atoms with E-state index in [1.807, 2.05) is 11.8 Å². The number of ether oxygens (including phenoxy) is 1. The van der Waals surface area contributed by atoms with Crippen LogP contribution in [0, 0.1) is 0 Å². The Morgan fingerprint density at radius 3 is 3.21 bits per heavy atom. The topological polar surface area (TPSA) is 50.4 Å². The average molecular weight is 218 g/mol. The molecule has 0 aliphatic carbocycles. The second-order valence-electron chi connectivity index (χ2n) is 3.22. The van der Waals surface area contributed by atoms with Crippen molar-refractivity contribution in [1.82, 2.24) is 10.6 Å². The lowest BCUT2D eigenvalue weighted by atomic mass is 10.3. The van der Waals surface area contributed by atoms with Gasteiger partial charge in [-0.1, -0.05) is 0 Å². The predicted molar refractivity (Wildman–Crippen MR) is 58.6 cm³/mol. The first-order valence-electron chi connectivity index (χ1n) is 4.92. The number of carbonyl (C=O) groups is 1. The van der Waals surface area contributed by atoms with Crippen molar-refractivity contribution >= 4 is 17.7 Å². The zero-order valence-electron chi connectivity index (χ0n) is 8.54. The molecule has 0 radical (unpaired) electrons. The van der Waals surface area contributed by atoms with Gasteiger partial charge in [-0.3, -0.25) is 4.79 Å². The molecule has 0 aromatic carbocycles. The molecule has 0 spiro atoms. The van der Waals surface area contributed by atoms with Crippen LogP contribution in [0.3, 0.4) is 0 Å². The first-order chi connectivity index (χ1) is 6.84. The van der Waals surface area contributed by atoms with Crippen molar-refractivity contribution in [3.05, 3.63) is 0 Å². The largest absolute Gasteiger partial charge is 0.385 e. The normalized spacial score (nSPS) is 21.9. The number of methoxy groups -OCH3 is 1. The van der Waals surface area contributed by atoms with Crippen LogP contribution in [0.2, 0.25) is 0 Å². The molecule has 4 nitrogen and oxygen atoms in total. The van der Waals surface area contributed by atoms with Gasteiger partial charge in [-0.05, 0) is 6.42 Å². The Balaban J connectivity index is 2.07. The molecular formula is C9H18N2O2S. The van der Waals surface area contributed by atoms with Gasteiger partial charge in [0, 0.05) is 38.3 Å². The van der Waals surface area contributed by atoms with E-state index in [9.17, 15) is 4.79 Å². The molecule has 0 saturated carbocycles. The average Bonchev–Trinajstić information content (AvgIpc) is 2.25. The minimum atomic E-state index is -0.00343. The van der Waals surface area contributed by atoms with Gasteiger partial charge in [0.25, 0.3) is 0 Å². The fourth-order valence-corrected chi connectivity index (χ4v) is 2.22. The number of carbonyl (C=O) groups excluding carboxylic acids is 1. The van der Waals surface area contributed by atoms with E-state index in [2.05, 4.69) is 10.6 Å². The molecule has 14 heavy (non-hydrogen) atoms. The number of hydrogen-bond donors (Lipinski definition) is 2. The van der Waals surface area contributed by atoms with Crippen LogP contribution in [-0.2, 0) is 9.53 Å². The van der Waals surface area contributed by atoms with E-state index >= 15 is 0 Å². The minimum absolute atomic E-state index is 0.00343. The van der Waals surface area contributed by atoms with Crippen molar-refractivity contribution in [1.29, 1.82) is 0 Å². The van der Waals surface area contributed by atoms with Crippen molar-refractivity contribution in [2.24, 2.45) is 0 Å². The SMILES string of the molecule is COCCCNC(=O)C1CSCCN1. The van der Waals surface area contributed by atoms with Crippen LogP contribution in [0.1, 0.15) is 6.42 Å². The summed E-state index contributed by atoms with van der Waals surface area (Å²) in [4.78, 5) is 11.5. The Kier molecular flexibility index (Phi) is 5.98. The molecule has 0 bridgehead atoms. The third kappa shape index (κ3) is 4.30. The number of amides is 1. The highest BCUT2D eigenvalue weighted by Crippen LogP contribution is 2.07. The summed E-state index contributed by atoms with van der Waals surface area (Å²) in [6, 6.07) is -0.00343. The fourth-order valence-electron chi connectivity index (χ4n) is 1.29. The van der Waals surface area contributed by atoms with Crippen molar-refractivity contribution in [3.63, 3.8) is 0 Å². The maximum Gasteiger partial charge on any atom is 0.237 e. The monoisotopic (exact) mass is 218 g/mol. The van der Waals surface area contributed by atoms with Crippen molar-refractivity contribution in [3.8, 4) is 0 Å². The van der Waals surface area contributed by atoms with E-state index < -0.39 is 0 Å². The highest BCUT2D eigenvalue weighted by molar-refractivity contribution is 7.99. The Morgan fingerprint density at radius 1 is 1.71 bits per heavy atom. The molecule has 1 aliphatic rings. The van der Waals surface area contributed by atoms with Crippen molar-refractivity contribution < 1.29 is 9.53 Å². The van der Waals surface area contributed by atoms with E-state index in [1.54, 1.807) is 7.11 Å². The van der Waals surface area contributed by atoms with Gasteiger partial charge in [0.05, 0.1) is 6.04 Å². The molecule has 1 unspecified atom stereocenters. The molecule has 0 aromatic heterocycles. The van der Waals surface area contributed by atoms with E-state index in [-0.39, 0.29) is 11.9 Å². The highest BCUT2D eigenvalue weighted by Gasteiger charge is 2.19. The summed E-state index contributed by atoms with van der Waals surface area (Å²) in [5.74, 6) is 2.11. The van der Waals surface area contributed by atoms with Crippen LogP contribution in [-0.4, -0.2) is 50.3 Å². The van der Waals surface area contributed by atoms with Gasteiger partial charge in [-0.25, -0.2) is 0 Å². The highest BCUT2D eigenvalue weighted by atomic mass is 32.2. The van der Waals surface area contributed by atoms with Gasteiger partial charge in [-0.2, -0.15) is 11.8 Å². The number of thioether (sulfide) groups is 1. The zero-order chi connectivity index (χ0) is 10.2. The zero-order valence-corrected chi connectivity index (χ0v) is 9.36. The summed E-state index contributed by atoms with van der Waals surface area (Å²) in [5.41, 5.74) is 0. The Labute approximate surface area is 89.2 Å². The second-order valence-corrected chi connectivity index (χ2v) is 4.37. The Hall–Kier alpha value is -0.260. The lowest BCUT2D eigenvalue weighted by Crippen LogP contribution is -2.49. The predicted octanol–water partition coefficient (Wildman–Crippen LogP) is -0.156. The van der Waals surface area contributed by atoms with Gasteiger partial charge >= 0.3 is 0 Å². The van der Waals surface area contributed by atoms with Gasteiger partial charge in [0.1, 0.15) is 0 Å². The van der Waals surface area contributed by atoms with Crippen LogP contribution in [0.25, 0.3) is 0 Å². The van der Waals surface area contributed by atoms with E-state index in [0.29, 0.717) is 13.2 Å². The van der Waals surface area contributed by atoms with Crippen LogP contribution in [0.5, 0.6) is 0 Å². The van der Waals surface area contributed by atoms with Gasteiger partial charge in [-0.15, -0.1) is 0 Å². The smallest absolute Gasteiger partial charge is 0.237 e. The summed E-state index contributed by atoms with van der Waals surface area (Å²) < 4.78 is 4.90. The molecule has 0 aromatic rings. The van der Waals surface area contributed by atoms with E-state index in [0.717, 1.165) is 24.5 Å². The summed E-state index contributed by atoms with van der Waals surface area (Å²) in [6.45, 7) is 2.34. The minimum Gasteiger partial charge on any atom is -0.385 e. The number of rotatable bonds is 5. The van der Waals surface area contributed by atoms with Crippen molar-refractivity contribution in [2.45, 2.75) is 12.5 Å². The third-order valence-electron chi connectivity index (χ3n) is 2.06. The summed E-state index contributed by atoms with van der Waals surface area (Å²) >= 11 is 1.83. The van der Waals surface area contributed by atoms with Gasteiger partial charge < -0.3 is 15.4 Å². The molecule has 1 fully saturated rings. The maximum absolute atomic E-state index is 11.5. The van der Waals surface area contributed by atoms with Crippen LogP contribution in [0.15, 0.2) is 0 Å². The number of nitrogens with one attached hydrogen (secondary N) is 2. The third-order valence-corrected chi connectivity index (χ3v) is 3.12. The van der Waals surface area contributed by atoms with Crippen LogP contribution >= 0.6 is 11.8 Å². The molecular weight excluding hydrogens is 200 g/mol. The van der Waals surface area contributed by atoms with Crippen LogP contribution < -0.4 is 10.6 Å². The second kappa shape index (κ2) is 7.09. The van der Waals surface area contributed by atoms with E-state index in [4.69, 9.17) is 4.74 Å². The first kappa shape index (κ1) is 11.8. The molecule has 1 atom stereocenters. The maximum atomic E-state index is 11.5. The Bertz CT molecular complexity index is 172. The molecule has 5 heteroatoms. The Morgan fingerprint density at radius 2 is 2.57 bits per heavy atom. The molecule has 1 rings (SSSR count). The quantitative estimate of drug-likeness (QED) is 0.630. The van der Waals surface area contributed by atoms with Gasteiger partial charge in [0.2, 0.25) is 5.91 Å². The van der Waals surface area contributed by atoms with Gasteiger partial charge in [0.15, 0.2) is 0 Å². The molecule has 1 heterocycles.